The van der Waals surface area contributed by atoms with Gasteiger partial charge in [0.05, 0.1) is 6.54 Å². The number of hydrogen-bond acceptors (Lipinski definition) is 2. The van der Waals surface area contributed by atoms with Crippen molar-refractivity contribution in [3.8, 4) is 0 Å². The van der Waals surface area contributed by atoms with Crippen molar-refractivity contribution in [1.29, 1.82) is 0 Å². The number of amides is 1. The quantitative estimate of drug-likeness (QED) is 0.597. The topological polar surface area (TPSA) is 46.2 Å². The van der Waals surface area contributed by atoms with Crippen molar-refractivity contribution in [3.05, 3.63) is 48.3 Å². The average molecular weight is 207 g/mol. The van der Waals surface area contributed by atoms with Crippen LogP contribution < -0.4 is 5.32 Å². The lowest BCUT2D eigenvalue weighted by Crippen LogP contribution is -2.27. The van der Waals surface area contributed by atoms with E-state index in [9.17, 15) is 14.0 Å². The molecule has 0 atom stereocenters. The highest BCUT2D eigenvalue weighted by Gasteiger charge is 2.06. The monoisotopic (exact) mass is 207 g/mol. The Morgan fingerprint density at radius 3 is 2.80 bits per heavy atom. The fourth-order valence-corrected chi connectivity index (χ4v) is 1.00. The Bertz CT molecular complexity index is 401. The Hall–Kier alpha value is -1.97. The smallest absolute Gasteiger partial charge is 0.243 e. The van der Waals surface area contributed by atoms with Crippen molar-refractivity contribution >= 4 is 11.7 Å². The Kier molecular flexibility index (Phi) is 3.74. The summed E-state index contributed by atoms with van der Waals surface area (Å²) in [5, 5.41) is 2.32. The predicted molar refractivity (Wildman–Crippen MR) is 53.9 cm³/mol. The number of nitrogens with one attached hydrogen (secondary N) is 1. The van der Waals surface area contributed by atoms with E-state index in [1.807, 2.05) is 0 Å². The van der Waals surface area contributed by atoms with E-state index in [0.29, 0.717) is 0 Å². The molecular weight excluding hydrogens is 197 g/mol. The van der Waals surface area contributed by atoms with Crippen LogP contribution >= 0.6 is 0 Å². The summed E-state index contributed by atoms with van der Waals surface area (Å²) in [6, 6.07) is 5.31. The first-order valence-corrected chi connectivity index (χ1v) is 4.32. The SMILES string of the molecule is C=CC(=O)NCC(=O)c1cccc(F)c1. The molecule has 0 saturated carbocycles. The van der Waals surface area contributed by atoms with E-state index in [0.717, 1.165) is 12.1 Å². The minimum atomic E-state index is -0.476. The number of ketones is 1. The Labute approximate surface area is 86.6 Å². The van der Waals surface area contributed by atoms with Crippen LogP contribution in [0.25, 0.3) is 0 Å². The van der Waals surface area contributed by atoms with Crippen molar-refractivity contribution in [1.82, 2.24) is 5.32 Å². The normalized spacial score (nSPS) is 9.40. The minimum absolute atomic E-state index is 0.158. The second kappa shape index (κ2) is 5.05. The lowest BCUT2D eigenvalue weighted by Gasteiger charge is -2.01. The summed E-state index contributed by atoms with van der Waals surface area (Å²) in [5.41, 5.74) is 0.236. The Morgan fingerprint density at radius 2 is 2.20 bits per heavy atom. The maximum Gasteiger partial charge on any atom is 0.243 e. The predicted octanol–water partition coefficient (Wildman–Crippen LogP) is 1.31. The van der Waals surface area contributed by atoms with Gasteiger partial charge in [-0.15, -0.1) is 0 Å². The van der Waals surface area contributed by atoms with Crippen molar-refractivity contribution in [2.45, 2.75) is 0 Å². The molecule has 0 aromatic heterocycles. The molecule has 1 aromatic carbocycles. The van der Waals surface area contributed by atoms with Crippen LogP contribution in [0.5, 0.6) is 0 Å². The fourth-order valence-electron chi connectivity index (χ4n) is 1.00. The third kappa shape index (κ3) is 3.34. The number of benzene rings is 1. The standard InChI is InChI=1S/C11H10FNO2/c1-2-11(15)13-7-10(14)8-4-3-5-9(12)6-8/h2-6H,1,7H2,(H,13,15). The van der Waals surface area contributed by atoms with Crippen molar-refractivity contribution in [2.24, 2.45) is 0 Å². The molecule has 0 heterocycles. The molecule has 0 aliphatic rings. The molecule has 0 bridgehead atoms. The molecule has 78 valence electrons. The molecule has 0 aliphatic carbocycles. The van der Waals surface area contributed by atoms with Crippen LogP contribution in [0, 0.1) is 5.82 Å². The van der Waals surface area contributed by atoms with Gasteiger partial charge in [0.1, 0.15) is 5.82 Å². The molecule has 1 N–H and O–H groups in total. The minimum Gasteiger partial charge on any atom is -0.345 e. The molecule has 1 amide bonds. The van der Waals surface area contributed by atoms with Gasteiger partial charge in [-0.05, 0) is 18.2 Å². The lowest BCUT2D eigenvalue weighted by molar-refractivity contribution is -0.116. The van der Waals surface area contributed by atoms with E-state index < -0.39 is 11.7 Å². The molecule has 1 rings (SSSR count). The first-order valence-electron chi connectivity index (χ1n) is 4.32. The van der Waals surface area contributed by atoms with E-state index in [2.05, 4.69) is 11.9 Å². The zero-order chi connectivity index (χ0) is 11.3. The van der Waals surface area contributed by atoms with Crippen molar-refractivity contribution < 1.29 is 14.0 Å². The Morgan fingerprint density at radius 1 is 1.47 bits per heavy atom. The van der Waals surface area contributed by atoms with E-state index in [-0.39, 0.29) is 17.9 Å². The van der Waals surface area contributed by atoms with Gasteiger partial charge in [-0.25, -0.2) is 4.39 Å². The summed E-state index contributed by atoms with van der Waals surface area (Å²) in [4.78, 5) is 22.2. The van der Waals surface area contributed by atoms with E-state index in [1.165, 1.54) is 18.2 Å². The van der Waals surface area contributed by atoms with Crippen LogP contribution in [0.3, 0.4) is 0 Å². The number of carbonyl (C=O) groups is 2. The fraction of sp³-hybridized carbons (Fsp3) is 0.0909. The maximum absolute atomic E-state index is 12.7. The second-order valence-corrected chi connectivity index (χ2v) is 2.86. The zero-order valence-corrected chi connectivity index (χ0v) is 8.00. The van der Waals surface area contributed by atoms with Crippen molar-refractivity contribution in [3.63, 3.8) is 0 Å². The lowest BCUT2D eigenvalue weighted by atomic mass is 10.1. The molecule has 3 nitrogen and oxygen atoms in total. The molecule has 0 saturated heterocycles. The van der Waals surface area contributed by atoms with Crippen LogP contribution in [0.1, 0.15) is 10.4 Å². The second-order valence-electron chi connectivity index (χ2n) is 2.86. The van der Waals surface area contributed by atoms with Crippen LogP contribution in [0.2, 0.25) is 0 Å². The number of carbonyl (C=O) groups excluding carboxylic acids is 2. The number of Topliss-reactive ketones (excluding diaryl/α,β-unsaturated/α-hetero) is 1. The van der Waals surface area contributed by atoms with Crippen LogP contribution in [-0.4, -0.2) is 18.2 Å². The van der Waals surface area contributed by atoms with Crippen LogP contribution in [0.15, 0.2) is 36.9 Å². The first kappa shape index (κ1) is 11.1. The van der Waals surface area contributed by atoms with Gasteiger partial charge in [0.25, 0.3) is 0 Å². The maximum atomic E-state index is 12.7. The van der Waals surface area contributed by atoms with E-state index in [4.69, 9.17) is 0 Å². The Balaban J connectivity index is 2.61. The third-order valence-corrected chi connectivity index (χ3v) is 1.76. The first-order chi connectivity index (χ1) is 7.13. The molecule has 0 radical (unpaired) electrons. The summed E-state index contributed by atoms with van der Waals surface area (Å²) in [5.74, 6) is -1.25. The van der Waals surface area contributed by atoms with Crippen molar-refractivity contribution in [2.75, 3.05) is 6.54 Å². The van der Waals surface area contributed by atoms with Gasteiger partial charge in [0.2, 0.25) is 5.91 Å². The van der Waals surface area contributed by atoms with Crippen LogP contribution in [-0.2, 0) is 4.79 Å². The molecule has 0 fully saturated rings. The highest BCUT2D eigenvalue weighted by Crippen LogP contribution is 2.03. The van der Waals surface area contributed by atoms with Gasteiger partial charge in [0.15, 0.2) is 5.78 Å². The van der Waals surface area contributed by atoms with Gasteiger partial charge in [0, 0.05) is 5.56 Å². The van der Waals surface area contributed by atoms with E-state index >= 15 is 0 Å². The summed E-state index contributed by atoms with van der Waals surface area (Å²) in [6.45, 7) is 3.08. The number of halogens is 1. The van der Waals surface area contributed by atoms with E-state index in [1.54, 1.807) is 0 Å². The summed E-state index contributed by atoms with van der Waals surface area (Å²) in [7, 11) is 0. The van der Waals surface area contributed by atoms with Gasteiger partial charge in [-0.3, -0.25) is 9.59 Å². The summed E-state index contributed by atoms with van der Waals surface area (Å²) in [6.07, 6.45) is 1.07. The number of hydrogen-bond donors (Lipinski definition) is 1. The molecule has 1 aromatic rings. The molecule has 0 unspecified atom stereocenters. The van der Waals surface area contributed by atoms with Crippen LogP contribution in [0.4, 0.5) is 4.39 Å². The molecule has 0 spiro atoms. The summed E-state index contributed by atoms with van der Waals surface area (Å²) >= 11 is 0. The average Bonchev–Trinajstić information content (AvgIpc) is 2.25. The highest BCUT2D eigenvalue weighted by atomic mass is 19.1. The van der Waals surface area contributed by atoms with Gasteiger partial charge < -0.3 is 5.32 Å². The molecule has 4 heteroatoms. The molecule has 0 aliphatic heterocycles. The van der Waals surface area contributed by atoms with Gasteiger partial charge in [-0.1, -0.05) is 18.7 Å². The largest absolute Gasteiger partial charge is 0.345 e. The molecule has 15 heavy (non-hydrogen) atoms. The third-order valence-electron chi connectivity index (χ3n) is 1.76. The number of rotatable bonds is 4. The summed E-state index contributed by atoms with van der Waals surface area (Å²) < 4.78 is 12.7. The van der Waals surface area contributed by atoms with Gasteiger partial charge in [-0.2, -0.15) is 0 Å². The zero-order valence-electron chi connectivity index (χ0n) is 8.00. The molecular formula is C11H10FNO2. The van der Waals surface area contributed by atoms with Gasteiger partial charge >= 0.3 is 0 Å². The highest BCUT2D eigenvalue weighted by molar-refractivity contribution is 6.00.